The topological polar surface area (TPSA) is 73.9 Å². The minimum absolute atomic E-state index is 0.0666. The third-order valence-electron chi connectivity index (χ3n) is 5.78. The molecular weight excluding hydrogens is 503 g/mol. The van der Waals surface area contributed by atoms with E-state index in [4.69, 9.17) is 28.6 Å². The van der Waals surface area contributed by atoms with Crippen LogP contribution in [0.15, 0.2) is 66.7 Å². The zero-order valence-corrected chi connectivity index (χ0v) is 21.0. The fourth-order valence-corrected chi connectivity index (χ4v) is 4.31. The number of rotatable bonds is 5. The zero-order valence-electron chi connectivity index (χ0n) is 19.5. The predicted octanol–water partition coefficient (Wildman–Crippen LogP) is 4.58. The number of benzene rings is 3. The lowest BCUT2D eigenvalue weighted by molar-refractivity contribution is 0.0742. The lowest BCUT2D eigenvalue weighted by Gasteiger charge is -2.37. The molecule has 1 aliphatic rings. The van der Waals surface area contributed by atoms with Crippen LogP contribution in [0.5, 0.6) is 5.75 Å². The molecule has 1 aliphatic heterocycles. The number of thiocarbonyl (C=S) groups is 1. The third kappa shape index (κ3) is 5.92. The second-order valence-corrected chi connectivity index (χ2v) is 8.91. The number of carbonyl (C=O) groups is 2. The largest absolute Gasteiger partial charge is 0.497 e. The molecule has 1 saturated heterocycles. The summed E-state index contributed by atoms with van der Waals surface area (Å²) in [5.41, 5.74) is 1.90. The second kappa shape index (κ2) is 11.4. The highest BCUT2D eigenvalue weighted by atomic mass is 35.5. The minimum Gasteiger partial charge on any atom is -0.497 e. The summed E-state index contributed by atoms with van der Waals surface area (Å²) < 4.78 is 19.2. The van der Waals surface area contributed by atoms with Crippen molar-refractivity contribution < 1.29 is 18.7 Å². The van der Waals surface area contributed by atoms with E-state index in [9.17, 15) is 14.0 Å². The number of carbonyl (C=O) groups excluding carboxylic acids is 2. The van der Waals surface area contributed by atoms with E-state index >= 15 is 0 Å². The van der Waals surface area contributed by atoms with Gasteiger partial charge in [-0.25, -0.2) is 4.39 Å². The molecule has 3 aromatic carbocycles. The van der Waals surface area contributed by atoms with Gasteiger partial charge < -0.3 is 19.9 Å². The summed E-state index contributed by atoms with van der Waals surface area (Å²) in [5.74, 6) is -0.677. The Hall–Kier alpha value is -3.69. The molecule has 1 heterocycles. The van der Waals surface area contributed by atoms with Gasteiger partial charge >= 0.3 is 0 Å². The SMILES string of the molecule is COc1cccc(C(=O)NC(=S)Nc2cc(Cl)ccc2N2CCN(C(=O)c3ccccc3F)CC2)c1. The minimum atomic E-state index is -0.529. The quantitative estimate of drug-likeness (QED) is 0.474. The van der Waals surface area contributed by atoms with Crippen molar-refractivity contribution in [1.29, 1.82) is 0 Å². The van der Waals surface area contributed by atoms with Crippen molar-refractivity contribution in [2.75, 3.05) is 43.5 Å². The number of piperazine rings is 1. The Balaban J connectivity index is 1.42. The van der Waals surface area contributed by atoms with E-state index in [-0.39, 0.29) is 22.5 Å². The number of amides is 2. The van der Waals surface area contributed by atoms with Crippen LogP contribution in [0.4, 0.5) is 15.8 Å². The molecule has 36 heavy (non-hydrogen) atoms. The Morgan fingerprint density at radius 3 is 2.47 bits per heavy atom. The van der Waals surface area contributed by atoms with Crippen LogP contribution in [0.3, 0.4) is 0 Å². The predicted molar refractivity (Wildman–Crippen MR) is 143 cm³/mol. The number of hydrogen-bond donors (Lipinski definition) is 2. The van der Waals surface area contributed by atoms with E-state index in [2.05, 4.69) is 15.5 Å². The molecule has 186 valence electrons. The standard InChI is InChI=1S/C26H24ClFN4O3S/c1-35-19-6-4-5-17(15-19)24(33)30-26(36)29-22-16-18(27)9-10-23(22)31-11-13-32(14-12-31)25(34)20-7-2-3-8-21(20)28/h2-10,15-16H,11-14H2,1H3,(H2,29,30,33,36). The van der Waals surface area contributed by atoms with Crippen LogP contribution in [0.25, 0.3) is 0 Å². The summed E-state index contributed by atoms with van der Waals surface area (Å²) in [6, 6.07) is 18.1. The fourth-order valence-electron chi connectivity index (χ4n) is 3.93. The van der Waals surface area contributed by atoms with Crippen LogP contribution in [0, 0.1) is 5.82 Å². The smallest absolute Gasteiger partial charge is 0.257 e. The van der Waals surface area contributed by atoms with Gasteiger partial charge in [0.1, 0.15) is 11.6 Å². The Bertz CT molecular complexity index is 1300. The van der Waals surface area contributed by atoms with E-state index in [1.54, 1.807) is 53.4 Å². The highest BCUT2D eigenvalue weighted by Gasteiger charge is 2.25. The zero-order chi connectivity index (χ0) is 25.7. The first kappa shape index (κ1) is 25.4. The number of methoxy groups -OCH3 is 1. The molecule has 1 fully saturated rings. The van der Waals surface area contributed by atoms with Crippen molar-refractivity contribution in [3.8, 4) is 5.75 Å². The maximum Gasteiger partial charge on any atom is 0.257 e. The van der Waals surface area contributed by atoms with Gasteiger partial charge in [0.25, 0.3) is 11.8 Å². The van der Waals surface area contributed by atoms with Gasteiger partial charge in [0.15, 0.2) is 5.11 Å². The molecule has 0 radical (unpaired) electrons. The van der Waals surface area contributed by atoms with Gasteiger partial charge in [0.05, 0.1) is 24.0 Å². The molecule has 0 atom stereocenters. The highest BCUT2D eigenvalue weighted by Crippen LogP contribution is 2.30. The first-order chi connectivity index (χ1) is 17.4. The van der Waals surface area contributed by atoms with Crippen LogP contribution < -0.4 is 20.3 Å². The molecule has 0 unspecified atom stereocenters. The Morgan fingerprint density at radius 1 is 1.00 bits per heavy atom. The average Bonchev–Trinajstić information content (AvgIpc) is 2.89. The molecule has 0 aliphatic carbocycles. The molecule has 0 spiro atoms. The summed E-state index contributed by atoms with van der Waals surface area (Å²) in [7, 11) is 1.53. The number of ether oxygens (including phenoxy) is 1. The fraction of sp³-hybridized carbons (Fsp3) is 0.192. The lowest BCUT2D eigenvalue weighted by Crippen LogP contribution is -2.49. The van der Waals surface area contributed by atoms with Gasteiger partial charge in [-0.15, -0.1) is 0 Å². The van der Waals surface area contributed by atoms with Crippen molar-refractivity contribution in [1.82, 2.24) is 10.2 Å². The lowest BCUT2D eigenvalue weighted by atomic mass is 10.1. The number of anilines is 2. The number of halogens is 2. The van der Waals surface area contributed by atoms with E-state index < -0.39 is 5.82 Å². The van der Waals surface area contributed by atoms with Crippen LogP contribution >= 0.6 is 23.8 Å². The van der Waals surface area contributed by atoms with Crippen LogP contribution in [-0.2, 0) is 0 Å². The van der Waals surface area contributed by atoms with Crippen molar-refractivity contribution >= 4 is 52.1 Å². The molecule has 0 bridgehead atoms. The van der Waals surface area contributed by atoms with Gasteiger partial charge in [0, 0.05) is 36.8 Å². The summed E-state index contributed by atoms with van der Waals surface area (Å²) >= 11 is 11.6. The number of hydrogen-bond acceptors (Lipinski definition) is 5. The highest BCUT2D eigenvalue weighted by molar-refractivity contribution is 7.80. The maximum absolute atomic E-state index is 14.1. The van der Waals surface area contributed by atoms with Crippen molar-refractivity contribution in [2.45, 2.75) is 0 Å². The van der Waals surface area contributed by atoms with Gasteiger partial charge in [-0.05, 0) is 60.7 Å². The first-order valence-corrected chi connectivity index (χ1v) is 12.0. The second-order valence-electron chi connectivity index (χ2n) is 8.06. The van der Waals surface area contributed by atoms with Crippen molar-refractivity contribution in [2.24, 2.45) is 0 Å². The molecule has 2 amide bonds. The number of nitrogens with one attached hydrogen (secondary N) is 2. The maximum atomic E-state index is 14.1. The van der Waals surface area contributed by atoms with Crippen LogP contribution in [0.2, 0.25) is 5.02 Å². The molecule has 0 aromatic heterocycles. The molecule has 0 saturated carbocycles. The average molecular weight is 527 g/mol. The van der Waals surface area contributed by atoms with Crippen LogP contribution in [-0.4, -0.2) is 55.1 Å². The molecule has 4 rings (SSSR count). The molecule has 3 aromatic rings. The van der Waals surface area contributed by atoms with Gasteiger partial charge in [-0.3, -0.25) is 14.9 Å². The first-order valence-electron chi connectivity index (χ1n) is 11.2. The molecular formula is C26H24ClFN4O3S. The van der Waals surface area contributed by atoms with Gasteiger partial charge in [-0.2, -0.15) is 0 Å². The van der Waals surface area contributed by atoms with Crippen LogP contribution in [0.1, 0.15) is 20.7 Å². The van der Waals surface area contributed by atoms with Crippen molar-refractivity contribution in [3.63, 3.8) is 0 Å². The normalized spacial score (nSPS) is 13.2. The van der Waals surface area contributed by atoms with E-state index in [1.807, 2.05) is 6.07 Å². The van der Waals surface area contributed by atoms with E-state index in [0.29, 0.717) is 48.2 Å². The monoisotopic (exact) mass is 526 g/mol. The van der Waals surface area contributed by atoms with Crippen molar-refractivity contribution in [3.05, 3.63) is 88.7 Å². The van der Waals surface area contributed by atoms with E-state index in [0.717, 1.165) is 5.69 Å². The Labute approximate surface area is 218 Å². The molecule has 7 nitrogen and oxygen atoms in total. The molecule has 10 heteroatoms. The summed E-state index contributed by atoms with van der Waals surface area (Å²) in [5, 5.41) is 6.33. The van der Waals surface area contributed by atoms with Gasteiger partial charge in [-0.1, -0.05) is 29.8 Å². The number of nitrogens with zero attached hydrogens (tertiary/aromatic N) is 2. The molecule has 2 N–H and O–H groups in total. The third-order valence-corrected chi connectivity index (χ3v) is 6.22. The summed E-state index contributed by atoms with van der Waals surface area (Å²) in [6.45, 7) is 1.90. The summed E-state index contributed by atoms with van der Waals surface area (Å²) in [6.07, 6.45) is 0. The van der Waals surface area contributed by atoms with E-state index in [1.165, 1.54) is 19.2 Å². The van der Waals surface area contributed by atoms with Gasteiger partial charge in [0.2, 0.25) is 0 Å². The Morgan fingerprint density at radius 2 is 1.75 bits per heavy atom. The summed E-state index contributed by atoms with van der Waals surface area (Å²) in [4.78, 5) is 29.1. The Kier molecular flexibility index (Phi) is 8.02.